The van der Waals surface area contributed by atoms with E-state index in [2.05, 4.69) is 10.6 Å². The van der Waals surface area contributed by atoms with Crippen molar-refractivity contribution in [3.63, 3.8) is 0 Å². The summed E-state index contributed by atoms with van der Waals surface area (Å²) < 4.78 is 10.6. The molecule has 0 saturated carbocycles. The molecule has 0 aromatic heterocycles. The number of amides is 2. The molecule has 0 unspecified atom stereocenters. The molecule has 0 aliphatic heterocycles. The number of nitrogens with one attached hydrogen (secondary N) is 2. The smallest absolute Gasteiger partial charge is 0.319 e. The van der Waals surface area contributed by atoms with Gasteiger partial charge in [0.15, 0.2) is 0 Å². The third-order valence-electron chi connectivity index (χ3n) is 3.15. The first-order valence-corrected chi connectivity index (χ1v) is 7.39. The summed E-state index contributed by atoms with van der Waals surface area (Å²) in [5.41, 5.74) is -0.162. The molecule has 0 saturated heterocycles. The molecule has 3 N–H and O–H groups in total. The molecule has 23 heavy (non-hydrogen) atoms. The van der Waals surface area contributed by atoms with Crippen LogP contribution in [0.3, 0.4) is 0 Å². The molecule has 1 aromatic rings. The van der Waals surface area contributed by atoms with Gasteiger partial charge in [0.05, 0.1) is 19.4 Å². The van der Waals surface area contributed by atoms with Crippen LogP contribution in [0.15, 0.2) is 18.2 Å². The molecular weight excluding hydrogens is 300 g/mol. The lowest BCUT2D eigenvalue weighted by Crippen LogP contribution is -2.45. The van der Waals surface area contributed by atoms with Crippen molar-refractivity contribution in [1.29, 1.82) is 0 Å². The second kappa shape index (κ2) is 8.26. The Morgan fingerprint density at radius 1 is 1.30 bits per heavy atom. The Kier molecular flexibility index (Phi) is 6.68. The fourth-order valence-electron chi connectivity index (χ4n) is 1.96. The number of methoxy groups -OCH3 is 1. The van der Waals surface area contributed by atoms with Crippen molar-refractivity contribution in [1.82, 2.24) is 5.32 Å². The summed E-state index contributed by atoms with van der Waals surface area (Å²) in [6, 6.07) is 4.68. The molecule has 0 radical (unpaired) electrons. The molecular formula is C16H24N2O5. The minimum Gasteiger partial charge on any atom is -0.497 e. The summed E-state index contributed by atoms with van der Waals surface area (Å²) in [4.78, 5) is 22.8. The van der Waals surface area contributed by atoms with Crippen LogP contribution in [0.1, 0.15) is 33.6 Å². The van der Waals surface area contributed by atoms with Gasteiger partial charge in [0.2, 0.25) is 0 Å². The number of carbonyl (C=O) groups is 2. The van der Waals surface area contributed by atoms with Gasteiger partial charge in [-0.3, -0.25) is 4.79 Å². The maximum atomic E-state index is 12.2. The highest BCUT2D eigenvalue weighted by atomic mass is 16.5. The Labute approximate surface area is 136 Å². The van der Waals surface area contributed by atoms with Gasteiger partial charge in [-0.2, -0.15) is 0 Å². The molecule has 0 heterocycles. The number of urea groups is 1. The van der Waals surface area contributed by atoms with Gasteiger partial charge in [0, 0.05) is 18.0 Å². The van der Waals surface area contributed by atoms with Gasteiger partial charge in [-0.15, -0.1) is 0 Å². The second-order valence-corrected chi connectivity index (χ2v) is 5.65. The third-order valence-corrected chi connectivity index (χ3v) is 3.15. The van der Waals surface area contributed by atoms with Crippen LogP contribution in [0.2, 0.25) is 0 Å². The fraction of sp³-hybridized carbons (Fsp3) is 0.500. The van der Waals surface area contributed by atoms with Crippen molar-refractivity contribution >= 4 is 17.7 Å². The summed E-state index contributed by atoms with van der Waals surface area (Å²) in [5, 5.41) is 14.2. The zero-order chi connectivity index (χ0) is 17.5. The highest BCUT2D eigenvalue weighted by Crippen LogP contribution is 2.29. The van der Waals surface area contributed by atoms with E-state index in [9.17, 15) is 9.59 Å². The van der Waals surface area contributed by atoms with Crippen LogP contribution in [0.25, 0.3) is 0 Å². The van der Waals surface area contributed by atoms with Crippen LogP contribution in [-0.4, -0.2) is 36.4 Å². The van der Waals surface area contributed by atoms with Crippen molar-refractivity contribution in [3.05, 3.63) is 18.2 Å². The summed E-state index contributed by atoms with van der Waals surface area (Å²) >= 11 is 0. The number of anilines is 1. The number of carboxylic acids is 1. The quantitative estimate of drug-likeness (QED) is 0.683. The third kappa shape index (κ3) is 6.46. The van der Waals surface area contributed by atoms with E-state index >= 15 is 0 Å². The van der Waals surface area contributed by atoms with Crippen LogP contribution in [0.4, 0.5) is 10.5 Å². The first kappa shape index (κ1) is 18.6. The highest BCUT2D eigenvalue weighted by Gasteiger charge is 2.22. The average molecular weight is 324 g/mol. The number of benzene rings is 1. The van der Waals surface area contributed by atoms with E-state index in [0.717, 1.165) is 0 Å². The number of hydrogen-bond acceptors (Lipinski definition) is 4. The second-order valence-electron chi connectivity index (χ2n) is 5.65. The monoisotopic (exact) mass is 324 g/mol. The molecule has 1 aromatic carbocycles. The summed E-state index contributed by atoms with van der Waals surface area (Å²) in [5.74, 6) is 0.229. The largest absolute Gasteiger partial charge is 0.497 e. The molecule has 0 atom stereocenters. The number of rotatable bonds is 8. The van der Waals surface area contributed by atoms with Gasteiger partial charge in [-0.1, -0.05) is 0 Å². The Morgan fingerprint density at radius 2 is 2.00 bits per heavy atom. The molecule has 7 nitrogen and oxygen atoms in total. The summed E-state index contributed by atoms with van der Waals surface area (Å²) in [6.07, 6.45) is 0.308. The van der Waals surface area contributed by atoms with E-state index in [1.807, 2.05) is 6.92 Å². The van der Waals surface area contributed by atoms with Gasteiger partial charge in [0.25, 0.3) is 0 Å². The van der Waals surface area contributed by atoms with Crippen LogP contribution in [-0.2, 0) is 4.79 Å². The standard InChI is InChI=1S/C16H24N2O5/c1-5-23-13-7-6-11(22-4)10-12(13)17-15(21)18-16(2,3)9-8-14(19)20/h6-7,10H,5,8-9H2,1-4H3,(H,19,20)(H2,17,18,21). The van der Waals surface area contributed by atoms with Gasteiger partial charge in [-0.25, -0.2) is 4.79 Å². The Balaban J connectivity index is 2.77. The molecule has 0 aliphatic rings. The average Bonchev–Trinajstić information content (AvgIpc) is 2.46. The normalized spacial score (nSPS) is 10.8. The lowest BCUT2D eigenvalue weighted by atomic mass is 9.99. The molecule has 0 aliphatic carbocycles. The van der Waals surface area contributed by atoms with Crippen LogP contribution in [0, 0.1) is 0 Å². The predicted octanol–water partition coefficient (Wildman–Crippen LogP) is 2.86. The molecule has 0 bridgehead atoms. The zero-order valence-electron chi connectivity index (χ0n) is 13.9. The number of ether oxygens (including phenoxy) is 2. The van der Waals surface area contributed by atoms with Gasteiger partial charge >= 0.3 is 12.0 Å². The number of carbonyl (C=O) groups excluding carboxylic acids is 1. The topological polar surface area (TPSA) is 96.9 Å². The SMILES string of the molecule is CCOc1ccc(OC)cc1NC(=O)NC(C)(C)CCC(=O)O. The molecule has 2 amide bonds. The summed E-state index contributed by atoms with van der Waals surface area (Å²) in [7, 11) is 1.54. The van der Waals surface area contributed by atoms with E-state index in [0.29, 0.717) is 30.2 Å². The molecule has 128 valence electrons. The first-order chi connectivity index (χ1) is 10.8. The van der Waals surface area contributed by atoms with Crippen LogP contribution in [0.5, 0.6) is 11.5 Å². The van der Waals surface area contributed by atoms with Crippen molar-refractivity contribution in [2.24, 2.45) is 0 Å². The van der Waals surface area contributed by atoms with Gasteiger partial charge in [0.1, 0.15) is 11.5 Å². The van der Waals surface area contributed by atoms with Crippen LogP contribution >= 0.6 is 0 Å². The Bertz CT molecular complexity index is 557. The van der Waals surface area contributed by atoms with Crippen molar-refractivity contribution in [2.45, 2.75) is 39.2 Å². The highest BCUT2D eigenvalue weighted by molar-refractivity contribution is 5.91. The number of aliphatic carboxylic acids is 1. The molecule has 1 rings (SSSR count). The van der Waals surface area contributed by atoms with Crippen molar-refractivity contribution in [3.8, 4) is 11.5 Å². The van der Waals surface area contributed by atoms with Crippen molar-refractivity contribution < 1.29 is 24.2 Å². The first-order valence-electron chi connectivity index (χ1n) is 7.39. The molecule has 7 heteroatoms. The van der Waals surface area contributed by atoms with Crippen molar-refractivity contribution in [2.75, 3.05) is 19.0 Å². The summed E-state index contributed by atoms with van der Waals surface area (Å²) in [6.45, 7) is 5.85. The van der Waals surface area contributed by atoms with Crippen LogP contribution < -0.4 is 20.1 Å². The maximum Gasteiger partial charge on any atom is 0.319 e. The van der Waals surface area contributed by atoms with E-state index in [4.69, 9.17) is 14.6 Å². The number of carboxylic acid groups (broad SMARTS) is 1. The lowest BCUT2D eigenvalue weighted by molar-refractivity contribution is -0.137. The Morgan fingerprint density at radius 3 is 2.57 bits per heavy atom. The maximum absolute atomic E-state index is 12.2. The zero-order valence-corrected chi connectivity index (χ0v) is 13.9. The Hall–Kier alpha value is -2.44. The van der Waals surface area contributed by atoms with Gasteiger partial charge < -0.3 is 25.2 Å². The van der Waals surface area contributed by atoms with Gasteiger partial charge in [-0.05, 0) is 39.3 Å². The lowest BCUT2D eigenvalue weighted by Gasteiger charge is -2.26. The fourth-order valence-corrected chi connectivity index (χ4v) is 1.96. The minimum absolute atomic E-state index is 0.0172. The van der Waals surface area contributed by atoms with E-state index in [1.165, 1.54) is 7.11 Å². The predicted molar refractivity (Wildman–Crippen MR) is 87.3 cm³/mol. The van der Waals surface area contributed by atoms with E-state index in [-0.39, 0.29) is 6.42 Å². The number of hydrogen-bond donors (Lipinski definition) is 3. The van der Waals surface area contributed by atoms with E-state index < -0.39 is 17.5 Å². The molecule has 0 spiro atoms. The minimum atomic E-state index is -0.897. The molecule has 0 fully saturated rings. The van der Waals surface area contributed by atoms with E-state index in [1.54, 1.807) is 32.0 Å².